The number of urea groups is 1. The van der Waals surface area contributed by atoms with Crippen molar-refractivity contribution in [2.24, 2.45) is 5.73 Å². The quantitative estimate of drug-likeness (QED) is 0.846. The zero-order valence-electron chi connectivity index (χ0n) is 10.7. The standard InChI is InChI=1S/C13H20N4O/c1-10(12-4-2-3-7-15-12)16-11-5-8-17(9-6-11)13(14)18/h2-4,7,10-11,16H,5-6,8-9H2,1H3,(H2,14,18)/t10-/m1/s1. The number of primary amides is 1. The third-order valence-electron chi connectivity index (χ3n) is 3.42. The third kappa shape index (κ3) is 3.20. The van der Waals surface area contributed by atoms with E-state index in [9.17, 15) is 4.79 Å². The number of amides is 2. The van der Waals surface area contributed by atoms with Crippen LogP contribution in [0, 0.1) is 0 Å². The van der Waals surface area contributed by atoms with Crippen molar-refractivity contribution in [3.8, 4) is 0 Å². The number of rotatable bonds is 3. The van der Waals surface area contributed by atoms with Gasteiger partial charge in [-0.25, -0.2) is 4.79 Å². The van der Waals surface area contributed by atoms with Crippen LogP contribution in [-0.4, -0.2) is 35.0 Å². The number of carbonyl (C=O) groups excluding carboxylic acids is 1. The van der Waals surface area contributed by atoms with Crippen LogP contribution in [0.4, 0.5) is 4.79 Å². The van der Waals surface area contributed by atoms with E-state index in [0.29, 0.717) is 6.04 Å². The van der Waals surface area contributed by atoms with Gasteiger partial charge in [0.25, 0.3) is 0 Å². The lowest BCUT2D eigenvalue weighted by Gasteiger charge is -2.32. The molecule has 0 radical (unpaired) electrons. The molecular formula is C13H20N4O. The van der Waals surface area contributed by atoms with Gasteiger partial charge < -0.3 is 16.0 Å². The van der Waals surface area contributed by atoms with Crippen LogP contribution >= 0.6 is 0 Å². The van der Waals surface area contributed by atoms with Crippen molar-refractivity contribution in [1.82, 2.24) is 15.2 Å². The molecule has 0 aromatic carbocycles. The monoisotopic (exact) mass is 248 g/mol. The number of aromatic nitrogens is 1. The smallest absolute Gasteiger partial charge is 0.314 e. The van der Waals surface area contributed by atoms with Crippen molar-refractivity contribution in [3.05, 3.63) is 30.1 Å². The molecular weight excluding hydrogens is 228 g/mol. The Balaban J connectivity index is 1.83. The first kappa shape index (κ1) is 12.8. The van der Waals surface area contributed by atoms with Crippen LogP contribution in [0.2, 0.25) is 0 Å². The summed E-state index contributed by atoms with van der Waals surface area (Å²) < 4.78 is 0. The molecule has 1 aromatic heterocycles. The van der Waals surface area contributed by atoms with Crippen molar-refractivity contribution >= 4 is 6.03 Å². The van der Waals surface area contributed by atoms with Crippen LogP contribution < -0.4 is 11.1 Å². The molecule has 0 spiro atoms. The first-order valence-electron chi connectivity index (χ1n) is 6.38. The predicted octanol–water partition coefficient (Wildman–Crippen LogP) is 1.28. The van der Waals surface area contributed by atoms with E-state index in [0.717, 1.165) is 31.6 Å². The highest BCUT2D eigenvalue weighted by Gasteiger charge is 2.22. The highest BCUT2D eigenvalue weighted by atomic mass is 16.2. The summed E-state index contributed by atoms with van der Waals surface area (Å²) in [6, 6.07) is 6.29. The van der Waals surface area contributed by atoms with Crippen LogP contribution in [-0.2, 0) is 0 Å². The fraction of sp³-hybridized carbons (Fsp3) is 0.538. The van der Waals surface area contributed by atoms with Gasteiger partial charge in [0.1, 0.15) is 0 Å². The van der Waals surface area contributed by atoms with Gasteiger partial charge in [0.2, 0.25) is 0 Å². The van der Waals surface area contributed by atoms with Gasteiger partial charge in [0, 0.05) is 31.4 Å². The zero-order valence-corrected chi connectivity index (χ0v) is 10.7. The van der Waals surface area contributed by atoms with Gasteiger partial charge in [0.05, 0.1) is 5.69 Å². The third-order valence-corrected chi connectivity index (χ3v) is 3.42. The molecule has 18 heavy (non-hydrogen) atoms. The van der Waals surface area contributed by atoms with Crippen molar-refractivity contribution in [3.63, 3.8) is 0 Å². The Kier molecular flexibility index (Phi) is 4.15. The summed E-state index contributed by atoms with van der Waals surface area (Å²) in [5.74, 6) is 0. The molecule has 1 saturated heterocycles. The second kappa shape index (κ2) is 5.82. The van der Waals surface area contributed by atoms with E-state index in [1.54, 1.807) is 4.90 Å². The largest absolute Gasteiger partial charge is 0.351 e. The number of carbonyl (C=O) groups is 1. The van der Waals surface area contributed by atoms with Crippen LogP contribution in [0.15, 0.2) is 24.4 Å². The van der Waals surface area contributed by atoms with Crippen molar-refractivity contribution in [2.75, 3.05) is 13.1 Å². The van der Waals surface area contributed by atoms with Gasteiger partial charge >= 0.3 is 6.03 Å². The molecule has 1 aliphatic heterocycles. The normalized spacial score (nSPS) is 18.6. The summed E-state index contributed by atoms with van der Waals surface area (Å²) in [5.41, 5.74) is 6.31. The van der Waals surface area contributed by atoms with Gasteiger partial charge in [-0.3, -0.25) is 4.98 Å². The Hall–Kier alpha value is -1.62. The first-order valence-corrected chi connectivity index (χ1v) is 6.38. The lowest BCUT2D eigenvalue weighted by atomic mass is 10.0. The molecule has 1 aromatic rings. The highest BCUT2D eigenvalue weighted by molar-refractivity contribution is 5.72. The van der Waals surface area contributed by atoms with Crippen molar-refractivity contribution in [1.29, 1.82) is 0 Å². The highest BCUT2D eigenvalue weighted by Crippen LogP contribution is 2.15. The molecule has 1 fully saturated rings. The van der Waals surface area contributed by atoms with Gasteiger partial charge in [-0.05, 0) is 31.9 Å². The van der Waals surface area contributed by atoms with E-state index in [1.807, 2.05) is 24.4 Å². The van der Waals surface area contributed by atoms with E-state index in [-0.39, 0.29) is 12.1 Å². The van der Waals surface area contributed by atoms with E-state index in [4.69, 9.17) is 5.73 Å². The number of pyridine rings is 1. The Morgan fingerprint density at radius 3 is 2.78 bits per heavy atom. The number of nitrogens with two attached hydrogens (primary N) is 1. The van der Waals surface area contributed by atoms with E-state index in [1.165, 1.54) is 0 Å². The van der Waals surface area contributed by atoms with Crippen LogP contribution in [0.1, 0.15) is 31.5 Å². The Morgan fingerprint density at radius 1 is 1.50 bits per heavy atom. The van der Waals surface area contributed by atoms with E-state index < -0.39 is 0 Å². The number of nitrogens with one attached hydrogen (secondary N) is 1. The fourth-order valence-electron chi connectivity index (χ4n) is 2.34. The van der Waals surface area contributed by atoms with Gasteiger partial charge in [-0.15, -0.1) is 0 Å². The molecule has 1 atom stereocenters. The van der Waals surface area contributed by atoms with Crippen molar-refractivity contribution < 1.29 is 4.79 Å². The summed E-state index contributed by atoms with van der Waals surface area (Å²) in [5, 5.41) is 3.55. The molecule has 5 nitrogen and oxygen atoms in total. The molecule has 0 bridgehead atoms. The minimum atomic E-state index is -0.314. The maximum Gasteiger partial charge on any atom is 0.314 e. The van der Waals surface area contributed by atoms with Gasteiger partial charge in [0.15, 0.2) is 0 Å². The number of hydrogen-bond acceptors (Lipinski definition) is 3. The Labute approximate surface area is 107 Å². The molecule has 2 amide bonds. The average Bonchev–Trinajstić information content (AvgIpc) is 2.40. The second-order valence-corrected chi connectivity index (χ2v) is 4.74. The molecule has 0 unspecified atom stereocenters. The average molecular weight is 248 g/mol. The fourth-order valence-corrected chi connectivity index (χ4v) is 2.34. The maximum absolute atomic E-state index is 11.0. The molecule has 0 saturated carbocycles. The van der Waals surface area contributed by atoms with E-state index >= 15 is 0 Å². The lowest BCUT2D eigenvalue weighted by Crippen LogP contribution is -2.47. The van der Waals surface area contributed by atoms with Gasteiger partial charge in [-0.1, -0.05) is 6.07 Å². The summed E-state index contributed by atoms with van der Waals surface area (Å²) in [6.45, 7) is 3.59. The molecule has 98 valence electrons. The molecule has 3 N–H and O–H groups in total. The SMILES string of the molecule is C[C@@H](NC1CCN(C(N)=O)CC1)c1ccccn1. The molecule has 2 heterocycles. The summed E-state index contributed by atoms with van der Waals surface area (Å²) in [4.78, 5) is 17.1. The minimum absolute atomic E-state index is 0.233. The summed E-state index contributed by atoms with van der Waals surface area (Å²) in [6.07, 6.45) is 3.70. The van der Waals surface area contributed by atoms with Crippen LogP contribution in [0.3, 0.4) is 0 Å². The summed E-state index contributed by atoms with van der Waals surface area (Å²) in [7, 11) is 0. The first-order chi connectivity index (χ1) is 8.66. The molecule has 5 heteroatoms. The zero-order chi connectivity index (χ0) is 13.0. The number of hydrogen-bond donors (Lipinski definition) is 2. The van der Waals surface area contributed by atoms with E-state index in [2.05, 4.69) is 17.2 Å². The molecule has 2 rings (SSSR count). The van der Waals surface area contributed by atoms with Crippen LogP contribution in [0.5, 0.6) is 0 Å². The lowest BCUT2D eigenvalue weighted by molar-refractivity contribution is 0.183. The topological polar surface area (TPSA) is 71.2 Å². The Bertz CT molecular complexity index is 387. The minimum Gasteiger partial charge on any atom is -0.351 e. The predicted molar refractivity (Wildman–Crippen MR) is 70.0 cm³/mol. The maximum atomic E-state index is 11.0. The molecule has 1 aliphatic rings. The van der Waals surface area contributed by atoms with Crippen molar-refractivity contribution in [2.45, 2.75) is 31.8 Å². The van der Waals surface area contributed by atoms with Gasteiger partial charge in [-0.2, -0.15) is 0 Å². The van der Waals surface area contributed by atoms with Crippen LogP contribution in [0.25, 0.3) is 0 Å². The summed E-state index contributed by atoms with van der Waals surface area (Å²) >= 11 is 0. The Morgan fingerprint density at radius 2 is 2.22 bits per heavy atom. The number of piperidine rings is 1. The second-order valence-electron chi connectivity index (χ2n) is 4.74. The number of nitrogens with zero attached hydrogens (tertiary/aromatic N) is 2. The number of likely N-dealkylation sites (tertiary alicyclic amines) is 1. The molecule has 0 aliphatic carbocycles.